The molecule has 0 aliphatic carbocycles. The van der Waals surface area contributed by atoms with E-state index in [9.17, 15) is 0 Å². The summed E-state index contributed by atoms with van der Waals surface area (Å²) in [4.78, 5) is 0. The van der Waals surface area contributed by atoms with Crippen LogP contribution in [0.1, 0.15) is 90.9 Å². The van der Waals surface area contributed by atoms with Gasteiger partial charge in [-0.2, -0.15) is 0 Å². The Balaban J connectivity index is 2.88. The highest BCUT2D eigenvalue weighted by atomic mass is 28.3. The molecular weight excluding hydrogens is 252 g/mol. The van der Waals surface area contributed by atoms with Gasteiger partial charge in [0.1, 0.15) is 0 Å². The van der Waals surface area contributed by atoms with Gasteiger partial charge in [0, 0.05) is 13.2 Å². The highest BCUT2D eigenvalue weighted by Gasteiger charge is 1.93. The maximum absolute atomic E-state index is 5.60. The molecule has 0 amide bonds. The molecule has 0 saturated carbocycles. The third-order valence-electron chi connectivity index (χ3n) is 3.45. The summed E-state index contributed by atoms with van der Waals surface area (Å²) in [5, 5.41) is 0. The van der Waals surface area contributed by atoms with Crippen molar-refractivity contribution in [1.82, 2.24) is 0 Å². The van der Waals surface area contributed by atoms with Crippen LogP contribution < -0.4 is 0 Å². The smallest absolute Gasteiger partial charge is 0.304 e. The van der Waals surface area contributed by atoms with Crippen LogP contribution in [0.15, 0.2) is 0 Å². The Morgan fingerprint density at radius 3 is 1.32 bits per heavy atom. The zero-order valence-electron chi connectivity index (χ0n) is 13.4. The fraction of sp³-hybridized carbons (Fsp3) is 1.00. The van der Waals surface area contributed by atoms with Gasteiger partial charge in [-0.25, -0.2) is 0 Å². The summed E-state index contributed by atoms with van der Waals surface area (Å²) < 4.78 is 11.2. The predicted molar refractivity (Wildman–Crippen MR) is 87.2 cm³/mol. The molecule has 0 radical (unpaired) electrons. The van der Waals surface area contributed by atoms with E-state index < -0.39 is 10.0 Å². The summed E-state index contributed by atoms with van der Waals surface area (Å²) in [6.07, 6.45) is 16.0. The second-order valence-corrected chi connectivity index (χ2v) is 6.52. The third kappa shape index (κ3) is 18.1. The van der Waals surface area contributed by atoms with E-state index in [-0.39, 0.29) is 0 Å². The molecule has 0 aliphatic heterocycles. The Morgan fingerprint density at radius 2 is 0.895 bits per heavy atom. The molecule has 3 heteroatoms. The van der Waals surface area contributed by atoms with Crippen LogP contribution in [-0.4, -0.2) is 23.2 Å². The second kappa shape index (κ2) is 18.1. The Bertz CT molecular complexity index is 138. The number of unbranched alkanes of at least 4 members (excludes halogenated alkanes) is 10. The first-order valence-corrected chi connectivity index (χ1v) is 9.72. The highest BCUT2D eigenvalue weighted by molar-refractivity contribution is 6.17. The van der Waals surface area contributed by atoms with Crippen LogP contribution in [0.5, 0.6) is 0 Å². The lowest BCUT2D eigenvalue weighted by Crippen LogP contribution is -2.07. The van der Waals surface area contributed by atoms with Crippen molar-refractivity contribution in [3.05, 3.63) is 0 Å². The molecular formula is C16H36O2Si. The fourth-order valence-electron chi connectivity index (χ4n) is 2.15. The largest absolute Gasteiger partial charge is 0.399 e. The maximum Gasteiger partial charge on any atom is 0.304 e. The summed E-state index contributed by atoms with van der Waals surface area (Å²) in [6, 6.07) is 0. The molecule has 0 fully saturated rings. The maximum atomic E-state index is 5.60. The van der Waals surface area contributed by atoms with Crippen molar-refractivity contribution in [3.63, 3.8) is 0 Å². The van der Waals surface area contributed by atoms with Crippen molar-refractivity contribution in [2.45, 2.75) is 90.9 Å². The van der Waals surface area contributed by atoms with Crippen molar-refractivity contribution in [2.75, 3.05) is 13.2 Å². The zero-order valence-corrected chi connectivity index (χ0v) is 14.8. The SMILES string of the molecule is CCCCCCCCO[SiH2]OCCCCCCCC. The van der Waals surface area contributed by atoms with Crippen LogP contribution in [-0.2, 0) is 8.85 Å². The van der Waals surface area contributed by atoms with Gasteiger partial charge in [0.05, 0.1) is 0 Å². The van der Waals surface area contributed by atoms with Gasteiger partial charge < -0.3 is 8.85 Å². The topological polar surface area (TPSA) is 18.5 Å². The normalized spacial score (nSPS) is 11.1. The molecule has 0 bridgehead atoms. The van der Waals surface area contributed by atoms with Gasteiger partial charge in [0.15, 0.2) is 0 Å². The minimum atomic E-state index is -0.676. The monoisotopic (exact) mass is 288 g/mol. The Labute approximate surface area is 123 Å². The molecule has 0 aromatic rings. The van der Waals surface area contributed by atoms with Gasteiger partial charge in [0.25, 0.3) is 0 Å². The number of hydrogen-bond donors (Lipinski definition) is 0. The Hall–Kier alpha value is 0.137. The predicted octanol–water partition coefficient (Wildman–Crippen LogP) is 4.74. The molecule has 0 rings (SSSR count). The summed E-state index contributed by atoms with van der Waals surface area (Å²) >= 11 is 0. The van der Waals surface area contributed by atoms with Crippen molar-refractivity contribution in [2.24, 2.45) is 0 Å². The Morgan fingerprint density at radius 1 is 0.526 bits per heavy atom. The first-order valence-electron chi connectivity index (χ1n) is 8.57. The molecule has 0 heterocycles. The number of hydrogen-bond acceptors (Lipinski definition) is 2. The Kier molecular flexibility index (Phi) is 18.3. The summed E-state index contributed by atoms with van der Waals surface area (Å²) in [7, 11) is -0.676. The van der Waals surface area contributed by atoms with Gasteiger partial charge in [0.2, 0.25) is 0 Å². The van der Waals surface area contributed by atoms with E-state index in [0.29, 0.717) is 0 Å². The lowest BCUT2D eigenvalue weighted by Gasteiger charge is -2.05. The lowest BCUT2D eigenvalue weighted by molar-refractivity contribution is 0.213. The minimum absolute atomic E-state index is 0.676. The molecule has 0 aromatic carbocycles. The molecule has 0 atom stereocenters. The molecule has 0 spiro atoms. The van der Waals surface area contributed by atoms with Gasteiger partial charge in [-0.3, -0.25) is 0 Å². The summed E-state index contributed by atoms with van der Waals surface area (Å²) in [5.41, 5.74) is 0. The van der Waals surface area contributed by atoms with E-state index in [1.54, 1.807) is 0 Å². The van der Waals surface area contributed by atoms with Gasteiger partial charge >= 0.3 is 10.0 Å². The van der Waals surface area contributed by atoms with E-state index >= 15 is 0 Å². The molecule has 0 unspecified atom stereocenters. The fourth-order valence-corrected chi connectivity index (χ4v) is 2.91. The summed E-state index contributed by atoms with van der Waals surface area (Å²) in [5.74, 6) is 0. The van der Waals surface area contributed by atoms with E-state index in [2.05, 4.69) is 13.8 Å². The molecule has 0 saturated heterocycles. The first-order chi connectivity index (χ1) is 9.41. The van der Waals surface area contributed by atoms with Crippen LogP contribution >= 0.6 is 0 Å². The molecule has 0 N–H and O–H groups in total. The zero-order chi connectivity index (χ0) is 14.0. The van der Waals surface area contributed by atoms with Crippen molar-refractivity contribution in [3.8, 4) is 0 Å². The highest BCUT2D eigenvalue weighted by Crippen LogP contribution is 2.05. The van der Waals surface area contributed by atoms with E-state index in [1.165, 1.54) is 77.0 Å². The first kappa shape index (κ1) is 19.1. The standard InChI is InChI=1S/C16H36O2Si/c1-3-5-7-9-11-13-15-17-19-18-16-14-12-10-8-6-4-2/h3-16,19H2,1-2H3. The van der Waals surface area contributed by atoms with Gasteiger partial charge in [-0.1, -0.05) is 78.1 Å². The van der Waals surface area contributed by atoms with Gasteiger partial charge in [-0.15, -0.1) is 0 Å². The molecule has 0 aromatic heterocycles. The van der Waals surface area contributed by atoms with Crippen LogP contribution in [0.4, 0.5) is 0 Å². The molecule has 116 valence electrons. The average molecular weight is 289 g/mol. The minimum Gasteiger partial charge on any atom is -0.399 e. The van der Waals surface area contributed by atoms with Crippen LogP contribution in [0.3, 0.4) is 0 Å². The van der Waals surface area contributed by atoms with Crippen molar-refractivity contribution in [1.29, 1.82) is 0 Å². The van der Waals surface area contributed by atoms with Crippen LogP contribution in [0, 0.1) is 0 Å². The quantitative estimate of drug-likeness (QED) is 0.302. The molecule has 2 nitrogen and oxygen atoms in total. The van der Waals surface area contributed by atoms with E-state index in [0.717, 1.165) is 13.2 Å². The second-order valence-electron chi connectivity index (χ2n) is 5.47. The third-order valence-corrected chi connectivity index (χ3v) is 4.36. The van der Waals surface area contributed by atoms with Crippen LogP contribution in [0.2, 0.25) is 0 Å². The van der Waals surface area contributed by atoms with E-state index in [1.807, 2.05) is 0 Å². The van der Waals surface area contributed by atoms with E-state index in [4.69, 9.17) is 8.85 Å². The van der Waals surface area contributed by atoms with Crippen molar-refractivity contribution >= 4 is 10.0 Å². The van der Waals surface area contributed by atoms with Gasteiger partial charge in [-0.05, 0) is 12.8 Å². The summed E-state index contributed by atoms with van der Waals surface area (Å²) in [6.45, 7) is 6.37. The average Bonchev–Trinajstić information content (AvgIpc) is 2.43. The van der Waals surface area contributed by atoms with Crippen molar-refractivity contribution < 1.29 is 8.85 Å². The lowest BCUT2D eigenvalue weighted by atomic mass is 10.1. The molecule has 19 heavy (non-hydrogen) atoms. The molecule has 0 aliphatic rings. The van der Waals surface area contributed by atoms with Crippen LogP contribution in [0.25, 0.3) is 0 Å². The number of rotatable bonds is 16.